The molecule has 1 aromatic heterocycles. The number of carbonyl (C=O) groups is 1. The molecule has 140 valence electrons. The first kappa shape index (κ1) is 17.8. The highest BCUT2D eigenvalue weighted by molar-refractivity contribution is 5.84. The summed E-state index contributed by atoms with van der Waals surface area (Å²) >= 11 is 0. The highest BCUT2D eigenvalue weighted by Gasteiger charge is 2.10. The van der Waals surface area contributed by atoms with Crippen LogP contribution in [0.5, 0.6) is 11.5 Å². The minimum absolute atomic E-state index is 0.227. The van der Waals surface area contributed by atoms with Crippen LogP contribution in [0.4, 0.5) is 0 Å². The standard InChI is InChI=1S/C23H18O5/c1-2-15-12-22(24)28-21-13-19(9-10-20(15)21)27-23(25)14-26-18-8-7-16-5-3-4-6-17(16)11-18/h3-13H,2,14H2,1H3. The van der Waals surface area contributed by atoms with Crippen molar-refractivity contribution in [1.82, 2.24) is 0 Å². The molecule has 0 N–H and O–H groups in total. The maximum Gasteiger partial charge on any atom is 0.349 e. The summed E-state index contributed by atoms with van der Waals surface area (Å²) in [4.78, 5) is 23.8. The molecule has 0 bridgehead atoms. The van der Waals surface area contributed by atoms with Gasteiger partial charge in [0, 0.05) is 17.5 Å². The number of fused-ring (bicyclic) bond motifs is 2. The number of benzene rings is 3. The summed E-state index contributed by atoms with van der Waals surface area (Å²) in [6.07, 6.45) is 0.709. The summed E-state index contributed by atoms with van der Waals surface area (Å²) in [7, 11) is 0. The number of rotatable bonds is 5. The van der Waals surface area contributed by atoms with Crippen LogP contribution in [0.1, 0.15) is 12.5 Å². The molecule has 0 saturated carbocycles. The summed E-state index contributed by atoms with van der Waals surface area (Å²) < 4.78 is 16.1. The van der Waals surface area contributed by atoms with E-state index in [2.05, 4.69) is 0 Å². The Kier molecular flexibility index (Phi) is 4.81. The van der Waals surface area contributed by atoms with Gasteiger partial charge in [-0.2, -0.15) is 0 Å². The molecule has 0 saturated heterocycles. The zero-order chi connectivity index (χ0) is 19.5. The molecule has 28 heavy (non-hydrogen) atoms. The van der Waals surface area contributed by atoms with E-state index in [4.69, 9.17) is 13.9 Å². The molecular weight excluding hydrogens is 356 g/mol. The summed E-state index contributed by atoms with van der Waals surface area (Å²) in [6, 6.07) is 20.0. The van der Waals surface area contributed by atoms with Crippen LogP contribution in [-0.4, -0.2) is 12.6 Å². The van der Waals surface area contributed by atoms with Crippen LogP contribution < -0.4 is 15.1 Å². The van der Waals surface area contributed by atoms with Gasteiger partial charge in [0.2, 0.25) is 0 Å². The van der Waals surface area contributed by atoms with Crippen molar-refractivity contribution in [3.8, 4) is 11.5 Å². The van der Waals surface area contributed by atoms with E-state index >= 15 is 0 Å². The summed E-state index contributed by atoms with van der Waals surface area (Å²) in [5.74, 6) is 0.352. The van der Waals surface area contributed by atoms with Crippen molar-refractivity contribution in [2.24, 2.45) is 0 Å². The average molecular weight is 374 g/mol. The Labute approximate surface area is 161 Å². The Morgan fingerprint density at radius 1 is 0.929 bits per heavy atom. The van der Waals surface area contributed by atoms with Gasteiger partial charge in [0.25, 0.3) is 0 Å². The topological polar surface area (TPSA) is 65.7 Å². The van der Waals surface area contributed by atoms with E-state index in [1.165, 1.54) is 6.07 Å². The first-order valence-electron chi connectivity index (χ1n) is 9.01. The van der Waals surface area contributed by atoms with Gasteiger partial charge in [0.15, 0.2) is 6.61 Å². The SMILES string of the molecule is CCc1cc(=O)oc2cc(OC(=O)COc3ccc4ccccc4c3)ccc12. The summed E-state index contributed by atoms with van der Waals surface area (Å²) in [6.45, 7) is 1.74. The van der Waals surface area contributed by atoms with E-state index in [0.29, 0.717) is 23.5 Å². The molecule has 0 fully saturated rings. The lowest BCUT2D eigenvalue weighted by atomic mass is 10.1. The van der Waals surface area contributed by atoms with Gasteiger partial charge in [-0.3, -0.25) is 0 Å². The Balaban J connectivity index is 1.46. The highest BCUT2D eigenvalue weighted by Crippen LogP contribution is 2.24. The summed E-state index contributed by atoms with van der Waals surface area (Å²) in [5, 5.41) is 2.96. The molecule has 0 atom stereocenters. The molecule has 0 radical (unpaired) electrons. The van der Waals surface area contributed by atoms with Crippen molar-refractivity contribution in [3.63, 3.8) is 0 Å². The third-order valence-electron chi connectivity index (χ3n) is 4.49. The van der Waals surface area contributed by atoms with Crippen LogP contribution in [0, 0.1) is 0 Å². The van der Waals surface area contributed by atoms with Gasteiger partial charge >= 0.3 is 11.6 Å². The van der Waals surface area contributed by atoms with Gasteiger partial charge in [-0.15, -0.1) is 0 Å². The molecule has 1 heterocycles. The van der Waals surface area contributed by atoms with Gasteiger partial charge in [-0.25, -0.2) is 9.59 Å². The predicted octanol–water partition coefficient (Wildman–Crippen LogP) is 4.49. The zero-order valence-electron chi connectivity index (χ0n) is 15.3. The van der Waals surface area contributed by atoms with Crippen LogP contribution >= 0.6 is 0 Å². The quantitative estimate of drug-likeness (QED) is 0.292. The first-order valence-corrected chi connectivity index (χ1v) is 9.01. The average Bonchev–Trinajstić information content (AvgIpc) is 2.71. The molecule has 4 aromatic rings. The lowest BCUT2D eigenvalue weighted by Crippen LogP contribution is -2.17. The fourth-order valence-electron chi connectivity index (χ4n) is 3.13. The lowest BCUT2D eigenvalue weighted by Gasteiger charge is -2.09. The van der Waals surface area contributed by atoms with Gasteiger partial charge in [0.05, 0.1) is 0 Å². The number of esters is 1. The fourth-order valence-corrected chi connectivity index (χ4v) is 3.13. The smallest absolute Gasteiger partial charge is 0.349 e. The monoisotopic (exact) mass is 374 g/mol. The van der Waals surface area contributed by atoms with Crippen molar-refractivity contribution in [2.75, 3.05) is 6.61 Å². The number of carbonyl (C=O) groups excluding carboxylic acids is 1. The number of hydrogen-bond donors (Lipinski definition) is 0. The Hall–Kier alpha value is -3.60. The lowest BCUT2D eigenvalue weighted by molar-refractivity contribution is -0.136. The van der Waals surface area contributed by atoms with E-state index < -0.39 is 11.6 Å². The third kappa shape index (κ3) is 3.74. The summed E-state index contributed by atoms with van der Waals surface area (Å²) in [5.41, 5.74) is 0.862. The largest absolute Gasteiger partial charge is 0.482 e. The van der Waals surface area contributed by atoms with Crippen molar-refractivity contribution in [3.05, 3.63) is 82.7 Å². The maximum atomic E-state index is 12.1. The number of aryl methyl sites for hydroxylation is 1. The Bertz CT molecular complexity index is 1220. The van der Waals surface area contributed by atoms with Gasteiger partial charge in [-0.1, -0.05) is 37.3 Å². The molecule has 5 heteroatoms. The molecular formula is C23H18O5. The second kappa shape index (κ2) is 7.56. The van der Waals surface area contributed by atoms with Crippen molar-refractivity contribution >= 4 is 27.7 Å². The van der Waals surface area contributed by atoms with Crippen LogP contribution in [0.15, 0.2) is 75.9 Å². The Morgan fingerprint density at radius 2 is 1.71 bits per heavy atom. The van der Waals surface area contributed by atoms with E-state index in [1.807, 2.05) is 49.4 Å². The zero-order valence-corrected chi connectivity index (χ0v) is 15.3. The molecule has 0 aliphatic carbocycles. The normalized spacial score (nSPS) is 10.9. The minimum Gasteiger partial charge on any atom is -0.482 e. The van der Waals surface area contributed by atoms with Crippen LogP contribution in [0.25, 0.3) is 21.7 Å². The van der Waals surface area contributed by atoms with Crippen molar-refractivity contribution in [1.29, 1.82) is 0 Å². The van der Waals surface area contributed by atoms with Crippen molar-refractivity contribution < 1.29 is 18.7 Å². The van der Waals surface area contributed by atoms with Crippen LogP contribution in [-0.2, 0) is 11.2 Å². The molecule has 0 unspecified atom stereocenters. The first-order chi connectivity index (χ1) is 13.6. The fraction of sp³-hybridized carbons (Fsp3) is 0.130. The number of hydrogen-bond acceptors (Lipinski definition) is 5. The van der Waals surface area contributed by atoms with E-state index in [1.54, 1.807) is 18.2 Å². The molecule has 3 aromatic carbocycles. The molecule has 4 rings (SSSR count). The second-order valence-corrected chi connectivity index (χ2v) is 6.37. The van der Waals surface area contributed by atoms with E-state index in [0.717, 1.165) is 21.7 Å². The maximum absolute atomic E-state index is 12.1. The molecule has 0 amide bonds. The van der Waals surface area contributed by atoms with Gasteiger partial charge in [-0.05, 0) is 47.0 Å². The van der Waals surface area contributed by atoms with Crippen LogP contribution in [0.3, 0.4) is 0 Å². The van der Waals surface area contributed by atoms with E-state index in [-0.39, 0.29) is 6.61 Å². The van der Waals surface area contributed by atoms with Gasteiger partial charge < -0.3 is 13.9 Å². The van der Waals surface area contributed by atoms with E-state index in [9.17, 15) is 9.59 Å². The third-order valence-corrected chi connectivity index (χ3v) is 4.49. The van der Waals surface area contributed by atoms with Crippen LogP contribution in [0.2, 0.25) is 0 Å². The molecule has 0 aliphatic heterocycles. The Morgan fingerprint density at radius 3 is 2.54 bits per heavy atom. The van der Waals surface area contributed by atoms with Crippen molar-refractivity contribution in [2.45, 2.75) is 13.3 Å². The highest BCUT2D eigenvalue weighted by atomic mass is 16.6. The minimum atomic E-state index is -0.540. The molecule has 0 spiro atoms. The second-order valence-electron chi connectivity index (χ2n) is 6.37. The number of ether oxygens (including phenoxy) is 2. The molecule has 0 aliphatic rings. The predicted molar refractivity (Wildman–Crippen MR) is 107 cm³/mol. The van der Waals surface area contributed by atoms with Gasteiger partial charge in [0.1, 0.15) is 17.1 Å². The molecule has 5 nitrogen and oxygen atoms in total.